The number of aliphatic carboxylic acids is 1. The van der Waals surface area contributed by atoms with Crippen molar-refractivity contribution in [2.24, 2.45) is 0 Å². The first kappa shape index (κ1) is 10.1. The summed E-state index contributed by atoms with van der Waals surface area (Å²) in [4.78, 5) is 9.42. The normalized spacial score (nSPS) is 14.9. The molecule has 3 heteroatoms. The first-order chi connectivity index (χ1) is 6.11. The Morgan fingerprint density at radius 2 is 2.00 bits per heavy atom. The SMILES string of the molecule is CCC(Cl)(C(=O)[O-])c1ccccc1. The maximum Gasteiger partial charge on any atom is 0.108 e. The van der Waals surface area contributed by atoms with E-state index in [4.69, 9.17) is 11.6 Å². The second-order valence-electron chi connectivity index (χ2n) is 2.81. The molecular weight excluding hydrogens is 188 g/mol. The highest BCUT2D eigenvalue weighted by Gasteiger charge is 2.28. The molecular formula is C10H10ClO2-. The highest BCUT2D eigenvalue weighted by Crippen LogP contribution is 2.31. The number of hydrogen-bond donors (Lipinski definition) is 0. The van der Waals surface area contributed by atoms with Crippen LogP contribution in [0.3, 0.4) is 0 Å². The first-order valence-electron chi connectivity index (χ1n) is 4.07. The van der Waals surface area contributed by atoms with E-state index in [-0.39, 0.29) is 0 Å². The Kier molecular flexibility index (Phi) is 2.94. The molecule has 1 unspecified atom stereocenters. The zero-order chi connectivity index (χ0) is 9.90. The number of carbonyl (C=O) groups is 1. The quantitative estimate of drug-likeness (QED) is 0.685. The number of halogens is 1. The minimum atomic E-state index is -1.39. The standard InChI is InChI=1S/C10H11ClO2/c1-2-10(11,9(12)13)8-6-4-3-5-7-8/h3-7H,2H2,1H3,(H,12,13)/p-1. The number of alkyl halides is 1. The fraction of sp³-hybridized carbons (Fsp3) is 0.300. The van der Waals surface area contributed by atoms with Crippen LogP contribution in [-0.4, -0.2) is 5.97 Å². The maximum absolute atomic E-state index is 10.8. The van der Waals surface area contributed by atoms with Crippen molar-refractivity contribution >= 4 is 17.6 Å². The molecule has 0 spiro atoms. The average Bonchev–Trinajstić information content (AvgIpc) is 2.17. The second-order valence-corrected chi connectivity index (χ2v) is 3.45. The van der Waals surface area contributed by atoms with Crippen molar-refractivity contribution in [3.05, 3.63) is 35.9 Å². The Morgan fingerprint density at radius 1 is 1.46 bits per heavy atom. The Bertz CT molecular complexity index is 297. The van der Waals surface area contributed by atoms with Crippen LogP contribution in [0.15, 0.2) is 30.3 Å². The van der Waals surface area contributed by atoms with Gasteiger partial charge in [-0.15, -0.1) is 11.6 Å². The summed E-state index contributed by atoms with van der Waals surface area (Å²) in [6, 6.07) is 8.69. The van der Waals surface area contributed by atoms with Crippen LogP contribution in [0.25, 0.3) is 0 Å². The molecule has 0 fully saturated rings. The van der Waals surface area contributed by atoms with Gasteiger partial charge in [0.25, 0.3) is 0 Å². The molecule has 1 aromatic carbocycles. The molecule has 1 rings (SSSR count). The summed E-state index contributed by atoms with van der Waals surface area (Å²) in [6.07, 6.45) is 0.306. The molecule has 70 valence electrons. The second kappa shape index (κ2) is 3.79. The maximum atomic E-state index is 10.8. The third-order valence-electron chi connectivity index (χ3n) is 2.04. The summed E-state index contributed by atoms with van der Waals surface area (Å²) in [5.74, 6) is -1.25. The summed E-state index contributed by atoms with van der Waals surface area (Å²) in [5, 5.41) is 10.8. The lowest BCUT2D eigenvalue weighted by molar-refractivity contribution is -0.310. The van der Waals surface area contributed by atoms with Gasteiger partial charge in [-0.2, -0.15) is 0 Å². The predicted molar refractivity (Wildman–Crippen MR) is 49.3 cm³/mol. The molecule has 0 amide bonds. The van der Waals surface area contributed by atoms with Gasteiger partial charge < -0.3 is 9.90 Å². The lowest BCUT2D eigenvalue weighted by atomic mass is 9.96. The van der Waals surface area contributed by atoms with Crippen LogP contribution < -0.4 is 5.11 Å². The zero-order valence-electron chi connectivity index (χ0n) is 7.29. The number of hydrogen-bond acceptors (Lipinski definition) is 2. The molecule has 0 aliphatic rings. The van der Waals surface area contributed by atoms with Gasteiger partial charge in [0.2, 0.25) is 0 Å². The Hall–Kier alpha value is -1.02. The summed E-state index contributed by atoms with van der Waals surface area (Å²) in [7, 11) is 0. The van der Waals surface area contributed by atoms with Gasteiger partial charge in [0, 0.05) is 0 Å². The molecule has 0 aliphatic carbocycles. The van der Waals surface area contributed by atoms with Gasteiger partial charge in [-0.05, 0) is 12.0 Å². The van der Waals surface area contributed by atoms with Crippen LogP contribution >= 0.6 is 11.6 Å². The van der Waals surface area contributed by atoms with Crippen molar-refractivity contribution in [1.82, 2.24) is 0 Å². The monoisotopic (exact) mass is 197 g/mol. The molecule has 0 saturated carbocycles. The molecule has 0 N–H and O–H groups in total. The molecule has 1 aromatic rings. The molecule has 13 heavy (non-hydrogen) atoms. The Balaban J connectivity index is 3.11. The molecule has 0 aliphatic heterocycles. The van der Waals surface area contributed by atoms with E-state index in [0.717, 1.165) is 0 Å². The van der Waals surface area contributed by atoms with E-state index in [1.54, 1.807) is 31.2 Å². The van der Waals surface area contributed by atoms with Gasteiger partial charge in [0.1, 0.15) is 4.87 Å². The van der Waals surface area contributed by atoms with Gasteiger partial charge in [-0.1, -0.05) is 37.3 Å². The van der Waals surface area contributed by atoms with E-state index >= 15 is 0 Å². The lowest BCUT2D eigenvalue weighted by Gasteiger charge is -2.26. The van der Waals surface area contributed by atoms with E-state index in [0.29, 0.717) is 12.0 Å². The van der Waals surface area contributed by atoms with E-state index in [2.05, 4.69) is 0 Å². The predicted octanol–water partition coefficient (Wildman–Crippen LogP) is 1.28. The first-order valence-corrected chi connectivity index (χ1v) is 4.45. The summed E-state index contributed by atoms with van der Waals surface area (Å²) in [5.41, 5.74) is 0.569. The molecule has 0 heterocycles. The average molecular weight is 198 g/mol. The van der Waals surface area contributed by atoms with Crippen LogP contribution in [0, 0.1) is 0 Å². The zero-order valence-corrected chi connectivity index (χ0v) is 8.04. The van der Waals surface area contributed by atoms with Gasteiger partial charge >= 0.3 is 0 Å². The number of carboxylic acid groups (broad SMARTS) is 1. The van der Waals surface area contributed by atoms with E-state index < -0.39 is 10.8 Å². The molecule has 0 radical (unpaired) electrons. The Morgan fingerprint density at radius 3 is 2.38 bits per heavy atom. The summed E-state index contributed by atoms with van der Waals surface area (Å²) >= 11 is 5.92. The van der Waals surface area contributed by atoms with Gasteiger partial charge in [0.05, 0.1) is 5.97 Å². The van der Waals surface area contributed by atoms with Crippen LogP contribution in [0.4, 0.5) is 0 Å². The van der Waals surface area contributed by atoms with Crippen molar-refractivity contribution in [3.63, 3.8) is 0 Å². The van der Waals surface area contributed by atoms with Gasteiger partial charge in [-0.25, -0.2) is 0 Å². The third kappa shape index (κ3) is 1.83. The van der Waals surface area contributed by atoms with E-state index in [1.165, 1.54) is 0 Å². The largest absolute Gasteiger partial charge is 0.548 e. The van der Waals surface area contributed by atoms with Crippen molar-refractivity contribution in [1.29, 1.82) is 0 Å². The number of rotatable bonds is 3. The van der Waals surface area contributed by atoms with Crippen LogP contribution in [-0.2, 0) is 9.67 Å². The van der Waals surface area contributed by atoms with Crippen molar-refractivity contribution in [2.75, 3.05) is 0 Å². The van der Waals surface area contributed by atoms with Gasteiger partial charge in [-0.3, -0.25) is 0 Å². The van der Waals surface area contributed by atoms with Crippen LogP contribution in [0.2, 0.25) is 0 Å². The minimum absolute atomic E-state index is 0.306. The van der Waals surface area contributed by atoms with Crippen molar-refractivity contribution in [3.8, 4) is 0 Å². The third-order valence-corrected chi connectivity index (χ3v) is 2.68. The summed E-state index contributed by atoms with van der Waals surface area (Å²) < 4.78 is 0. The topological polar surface area (TPSA) is 40.1 Å². The van der Waals surface area contributed by atoms with E-state index in [1.807, 2.05) is 6.07 Å². The lowest BCUT2D eigenvalue weighted by Crippen LogP contribution is -2.41. The van der Waals surface area contributed by atoms with Crippen LogP contribution in [0.5, 0.6) is 0 Å². The summed E-state index contributed by atoms with van der Waals surface area (Å²) in [6.45, 7) is 1.72. The highest BCUT2D eigenvalue weighted by molar-refractivity contribution is 6.33. The van der Waals surface area contributed by atoms with Gasteiger partial charge in [0.15, 0.2) is 0 Å². The molecule has 2 nitrogen and oxygen atoms in total. The number of carbonyl (C=O) groups excluding carboxylic acids is 1. The number of carboxylic acids is 1. The fourth-order valence-electron chi connectivity index (χ4n) is 1.17. The fourth-order valence-corrected chi connectivity index (χ4v) is 1.29. The molecule has 1 atom stereocenters. The molecule has 0 bridgehead atoms. The minimum Gasteiger partial charge on any atom is -0.548 e. The highest BCUT2D eigenvalue weighted by atomic mass is 35.5. The van der Waals surface area contributed by atoms with Crippen molar-refractivity contribution in [2.45, 2.75) is 18.2 Å². The van der Waals surface area contributed by atoms with Crippen molar-refractivity contribution < 1.29 is 9.90 Å². The van der Waals surface area contributed by atoms with E-state index in [9.17, 15) is 9.90 Å². The van der Waals surface area contributed by atoms with Crippen LogP contribution in [0.1, 0.15) is 18.9 Å². The number of benzene rings is 1. The molecule has 0 aromatic heterocycles. The molecule has 0 saturated heterocycles. The smallest absolute Gasteiger partial charge is 0.108 e. The Labute approximate surface area is 82.2 Å².